The first-order valence-corrected chi connectivity index (χ1v) is 11.3. The molecule has 160 valence electrons. The highest BCUT2D eigenvalue weighted by atomic mass is 127. The molecule has 2 heterocycles. The zero-order valence-corrected chi connectivity index (χ0v) is 20.1. The smallest absolute Gasteiger partial charge is 0.191 e. The van der Waals surface area contributed by atoms with Crippen molar-refractivity contribution in [3.05, 3.63) is 11.6 Å². The van der Waals surface area contributed by atoms with Gasteiger partial charge in [0.05, 0.1) is 0 Å². The van der Waals surface area contributed by atoms with Gasteiger partial charge in [0.15, 0.2) is 5.96 Å². The molecule has 1 aromatic heterocycles. The number of rotatable bonds is 7. The van der Waals surface area contributed by atoms with Gasteiger partial charge in [-0.25, -0.2) is 0 Å². The molecule has 2 aliphatic rings. The van der Waals surface area contributed by atoms with Gasteiger partial charge in [-0.2, -0.15) is 0 Å². The van der Waals surface area contributed by atoms with Gasteiger partial charge in [0, 0.05) is 38.5 Å². The van der Waals surface area contributed by atoms with E-state index in [4.69, 9.17) is 4.99 Å². The summed E-state index contributed by atoms with van der Waals surface area (Å²) in [4.78, 5) is 4.83. The molecule has 2 N–H and O–H groups in total. The van der Waals surface area contributed by atoms with E-state index < -0.39 is 0 Å². The van der Waals surface area contributed by atoms with Gasteiger partial charge in [0.2, 0.25) is 0 Å². The second-order valence-corrected chi connectivity index (χ2v) is 8.14. The van der Waals surface area contributed by atoms with Crippen LogP contribution in [0.3, 0.4) is 0 Å². The molecule has 28 heavy (non-hydrogen) atoms. The third-order valence-corrected chi connectivity index (χ3v) is 6.06. The largest absolute Gasteiger partial charge is 0.357 e. The number of hydrogen-bond acceptors (Lipinski definition) is 3. The van der Waals surface area contributed by atoms with Crippen LogP contribution in [-0.2, 0) is 19.4 Å². The van der Waals surface area contributed by atoms with Crippen LogP contribution in [0.5, 0.6) is 0 Å². The number of fused-ring (bicyclic) bond motifs is 1. The van der Waals surface area contributed by atoms with E-state index in [1.807, 2.05) is 0 Å². The summed E-state index contributed by atoms with van der Waals surface area (Å²) in [5.41, 5.74) is 0. The maximum Gasteiger partial charge on any atom is 0.191 e. The Labute approximate surface area is 187 Å². The number of nitrogens with one attached hydrogen (secondary N) is 2. The van der Waals surface area contributed by atoms with Crippen LogP contribution in [0.15, 0.2) is 4.99 Å². The van der Waals surface area contributed by atoms with Crippen LogP contribution >= 0.6 is 24.0 Å². The first-order valence-electron chi connectivity index (χ1n) is 11.3. The Morgan fingerprint density at radius 2 is 2.04 bits per heavy atom. The van der Waals surface area contributed by atoms with Crippen molar-refractivity contribution in [2.24, 2.45) is 10.9 Å². The fraction of sp³-hybridized carbons (Fsp3) is 0.857. The number of aromatic nitrogens is 3. The lowest BCUT2D eigenvalue weighted by atomic mass is 9.84. The average Bonchev–Trinajstić information content (AvgIpc) is 2.91. The second-order valence-electron chi connectivity index (χ2n) is 8.14. The molecule has 0 aromatic carbocycles. The van der Waals surface area contributed by atoms with E-state index in [9.17, 15) is 0 Å². The maximum atomic E-state index is 4.83. The van der Waals surface area contributed by atoms with Crippen LogP contribution in [0.2, 0.25) is 0 Å². The normalized spacial score (nSPS) is 22.7. The van der Waals surface area contributed by atoms with Gasteiger partial charge < -0.3 is 15.2 Å². The predicted octanol–water partition coefficient (Wildman–Crippen LogP) is 4.08. The Bertz CT molecular complexity index is 600. The second kappa shape index (κ2) is 12.6. The molecule has 7 heteroatoms. The van der Waals surface area contributed by atoms with Crippen molar-refractivity contribution in [1.29, 1.82) is 0 Å². The third kappa shape index (κ3) is 6.88. The molecule has 0 saturated heterocycles. The monoisotopic (exact) mass is 502 g/mol. The zero-order valence-electron chi connectivity index (χ0n) is 17.8. The van der Waals surface area contributed by atoms with E-state index in [0.717, 1.165) is 56.6 Å². The molecule has 6 nitrogen and oxygen atoms in total. The first kappa shape index (κ1) is 23.4. The molecule has 1 saturated carbocycles. The van der Waals surface area contributed by atoms with E-state index in [-0.39, 0.29) is 24.0 Å². The summed E-state index contributed by atoms with van der Waals surface area (Å²) in [6.07, 6.45) is 13.5. The summed E-state index contributed by atoms with van der Waals surface area (Å²) in [6.45, 7) is 7.29. The Hall–Kier alpha value is -0.860. The lowest BCUT2D eigenvalue weighted by Gasteiger charge is -2.30. The topological polar surface area (TPSA) is 67.1 Å². The number of aliphatic imine (C=N–C) groups is 1. The molecule has 0 amide bonds. The SMILES string of the molecule is CCNC(=NCCCc1nnc2n1CCCCC2)NC1CCCC(CC)C1.I. The minimum Gasteiger partial charge on any atom is -0.357 e. The quantitative estimate of drug-likeness (QED) is 0.255. The molecule has 1 aromatic rings. The Morgan fingerprint density at radius 1 is 1.14 bits per heavy atom. The molecule has 0 radical (unpaired) electrons. The minimum atomic E-state index is 0. The van der Waals surface area contributed by atoms with Crippen LogP contribution in [0, 0.1) is 5.92 Å². The molecule has 1 aliphatic carbocycles. The van der Waals surface area contributed by atoms with E-state index >= 15 is 0 Å². The summed E-state index contributed by atoms with van der Waals surface area (Å²) in [5, 5.41) is 15.9. The lowest BCUT2D eigenvalue weighted by molar-refractivity contribution is 0.298. The average molecular weight is 502 g/mol. The van der Waals surface area contributed by atoms with Crippen molar-refractivity contribution in [2.45, 2.75) is 97.1 Å². The standard InChI is InChI=1S/C21H38N6.HI/c1-3-17-10-8-11-18(16-17)24-21(22-4-2)23-14-9-13-20-26-25-19-12-6-5-7-15-27(19)20;/h17-18H,3-16H2,1-2H3,(H2,22,23,24);1H. The molecule has 0 bridgehead atoms. The Kier molecular flexibility index (Phi) is 10.6. The number of halogens is 1. The number of hydrogen-bond donors (Lipinski definition) is 2. The molecule has 1 fully saturated rings. The van der Waals surface area contributed by atoms with Crippen LogP contribution in [-0.4, -0.2) is 39.9 Å². The summed E-state index contributed by atoms with van der Waals surface area (Å²) in [5.74, 6) is 4.20. The van der Waals surface area contributed by atoms with Crippen molar-refractivity contribution < 1.29 is 0 Å². The first-order chi connectivity index (χ1) is 13.3. The Balaban J connectivity index is 0.00000280. The predicted molar refractivity (Wildman–Crippen MR) is 126 cm³/mol. The van der Waals surface area contributed by atoms with Gasteiger partial charge >= 0.3 is 0 Å². The fourth-order valence-electron chi connectivity index (χ4n) is 4.46. The molecule has 1 aliphatic heterocycles. The van der Waals surface area contributed by atoms with Crippen molar-refractivity contribution in [3.63, 3.8) is 0 Å². The minimum absolute atomic E-state index is 0. The van der Waals surface area contributed by atoms with Gasteiger partial charge in [-0.3, -0.25) is 4.99 Å². The fourth-order valence-corrected chi connectivity index (χ4v) is 4.46. The summed E-state index contributed by atoms with van der Waals surface area (Å²) < 4.78 is 2.35. The highest BCUT2D eigenvalue weighted by molar-refractivity contribution is 14.0. The van der Waals surface area contributed by atoms with Crippen LogP contribution in [0.4, 0.5) is 0 Å². The lowest BCUT2D eigenvalue weighted by Crippen LogP contribution is -2.45. The van der Waals surface area contributed by atoms with Crippen molar-refractivity contribution >= 4 is 29.9 Å². The summed E-state index contributed by atoms with van der Waals surface area (Å²) in [6, 6.07) is 0.578. The summed E-state index contributed by atoms with van der Waals surface area (Å²) >= 11 is 0. The van der Waals surface area contributed by atoms with Crippen molar-refractivity contribution in [3.8, 4) is 0 Å². The van der Waals surface area contributed by atoms with E-state index in [1.165, 1.54) is 57.2 Å². The van der Waals surface area contributed by atoms with Gasteiger partial charge in [0.25, 0.3) is 0 Å². The van der Waals surface area contributed by atoms with Crippen LogP contribution < -0.4 is 10.6 Å². The molecular weight excluding hydrogens is 463 g/mol. The number of aryl methyl sites for hydroxylation is 2. The molecule has 2 unspecified atom stereocenters. The van der Waals surface area contributed by atoms with E-state index in [1.54, 1.807) is 0 Å². The van der Waals surface area contributed by atoms with Gasteiger partial charge in [0.1, 0.15) is 11.6 Å². The van der Waals surface area contributed by atoms with Crippen molar-refractivity contribution in [1.82, 2.24) is 25.4 Å². The van der Waals surface area contributed by atoms with E-state index in [2.05, 4.69) is 39.2 Å². The number of nitrogens with zero attached hydrogens (tertiary/aromatic N) is 4. The van der Waals surface area contributed by atoms with Gasteiger partial charge in [-0.05, 0) is 44.9 Å². The molecule has 0 spiro atoms. The van der Waals surface area contributed by atoms with E-state index in [0.29, 0.717) is 6.04 Å². The zero-order chi connectivity index (χ0) is 18.9. The highest BCUT2D eigenvalue weighted by Gasteiger charge is 2.21. The number of guanidine groups is 1. The summed E-state index contributed by atoms with van der Waals surface area (Å²) in [7, 11) is 0. The van der Waals surface area contributed by atoms with Gasteiger partial charge in [-0.15, -0.1) is 34.2 Å². The van der Waals surface area contributed by atoms with Gasteiger partial charge in [-0.1, -0.05) is 32.6 Å². The molecule has 3 rings (SSSR count). The molecule has 2 atom stereocenters. The molecular formula is C21H39IN6. The van der Waals surface area contributed by atoms with Crippen molar-refractivity contribution in [2.75, 3.05) is 13.1 Å². The van der Waals surface area contributed by atoms with Crippen LogP contribution in [0.1, 0.15) is 83.3 Å². The Morgan fingerprint density at radius 3 is 2.86 bits per heavy atom. The highest BCUT2D eigenvalue weighted by Crippen LogP contribution is 2.26. The maximum absolute atomic E-state index is 4.83. The van der Waals surface area contributed by atoms with Crippen LogP contribution in [0.25, 0.3) is 0 Å². The third-order valence-electron chi connectivity index (χ3n) is 6.06.